The van der Waals surface area contributed by atoms with E-state index in [9.17, 15) is 4.79 Å². The first-order valence-corrected chi connectivity index (χ1v) is 12.5. The molecule has 2 saturated carbocycles. The number of carbonyl (C=O) groups excluding carboxylic acids is 1. The van der Waals surface area contributed by atoms with Crippen LogP contribution in [0.5, 0.6) is 5.75 Å². The van der Waals surface area contributed by atoms with Crippen molar-refractivity contribution < 1.29 is 14.3 Å². The van der Waals surface area contributed by atoms with Gasteiger partial charge in [0, 0.05) is 41.5 Å². The summed E-state index contributed by atoms with van der Waals surface area (Å²) in [6.45, 7) is 8.48. The molecule has 2 N–H and O–H groups in total. The van der Waals surface area contributed by atoms with Gasteiger partial charge >= 0.3 is 0 Å². The first-order chi connectivity index (χ1) is 15.6. The third-order valence-electron chi connectivity index (χ3n) is 8.62. The van der Waals surface area contributed by atoms with Crippen molar-refractivity contribution in [3.05, 3.63) is 24.4 Å². The van der Waals surface area contributed by atoms with Gasteiger partial charge in [-0.25, -0.2) is 0 Å². The summed E-state index contributed by atoms with van der Waals surface area (Å²) in [5.74, 6) is 3.75. The topological polar surface area (TPSA) is 66.6 Å². The molecule has 4 fully saturated rings. The van der Waals surface area contributed by atoms with Crippen molar-refractivity contribution in [3.8, 4) is 5.75 Å². The Balaban J connectivity index is 1.02. The summed E-state index contributed by atoms with van der Waals surface area (Å²) in [6, 6.07) is 6.13. The van der Waals surface area contributed by atoms with E-state index in [2.05, 4.69) is 28.2 Å². The minimum Gasteiger partial charge on any atom is -0.494 e. The maximum Gasteiger partial charge on any atom is 0.227 e. The van der Waals surface area contributed by atoms with Crippen LogP contribution in [0, 0.1) is 29.1 Å². The third-order valence-corrected chi connectivity index (χ3v) is 8.62. The Bertz CT molecular complexity index is 975. The molecule has 3 atom stereocenters. The maximum absolute atomic E-state index is 12.7. The van der Waals surface area contributed by atoms with Crippen molar-refractivity contribution in [2.24, 2.45) is 29.1 Å². The van der Waals surface area contributed by atoms with Gasteiger partial charge in [0.15, 0.2) is 0 Å². The highest BCUT2D eigenvalue weighted by atomic mass is 16.5. The lowest BCUT2D eigenvalue weighted by atomic mass is 9.60. The van der Waals surface area contributed by atoms with Crippen molar-refractivity contribution >= 4 is 22.5 Å². The van der Waals surface area contributed by atoms with Crippen molar-refractivity contribution in [2.45, 2.75) is 39.0 Å². The molecule has 1 spiro atoms. The van der Waals surface area contributed by atoms with Gasteiger partial charge in [0.05, 0.1) is 25.5 Å². The molecule has 0 bridgehead atoms. The number of anilines is 1. The summed E-state index contributed by atoms with van der Waals surface area (Å²) in [6.07, 6.45) is 7.67. The van der Waals surface area contributed by atoms with Crippen molar-refractivity contribution in [1.29, 1.82) is 0 Å². The largest absolute Gasteiger partial charge is 0.494 e. The van der Waals surface area contributed by atoms with Gasteiger partial charge in [-0.15, -0.1) is 0 Å². The van der Waals surface area contributed by atoms with Gasteiger partial charge in [-0.05, 0) is 74.6 Å². The van der Waals surface area contributed by atoms with Crippen LogP contribution in [-0.4, -0.2) is 55.2 Å². The number of aromatic nitrogens is 1. The van der Waals surface area contributed by atoms with Gasteiger partial charge in [-0.2, -0.15) is 0 Å². The van der Waals surface area contributed by atoms with Gasteiger partial charge in [-0.1, -0.05) is 6.92 Å². The van der Waals surface area contributed by atoms with Crippen LogP contribution in [0.2, 0.25) is 0 Å². The molecule has 2 saturated heterocycles. The molecular formula is C26H35N3O3. The fourth-order valence-electron chi connectivity index (χ4n) is 6.68. The van der Waals surface area contributed by atoms with E-state index >= 15 is 0 Å². The van der Waals surface area contributed by atoms with Gasteiger partial charge < -0.3 is 24.7 Å². The van der Waals surface area contributed by atoms with Crippen LogP contribution in [0.15, 0.2) is 24.4 Å². The number of likely N-dealkylation sites (tertiary alicyclic amines) is 1. The van der Waals surface area contributed by atoms with E-state index in [4.69, 9.17) is 9.47 Å². The number of hydrogen-bond donors (Lipinski definition) is 2. The van der Waals surface area contributed by atoms with Crippen LogP contribution in [0.1, 0.15) is 39.0 Å². The summed E-state index contributed by atoms with van der Waals surface area (Å²) >= 11 is 0. The van der Waals surface area contributed by atoms with Crippen LogP contribution in [0.4, 0.5) is 5.69 Å². The van der Waals surface area contributed by atoms with Crippen molar-refractivity contribution in [3.63, 3.8) is 0 Å². The second-order valence-electron chi connectivity index (χ2n) is 10.8. The third kappa shape index (κ3) is 3.71. The Hall–Kier alpha value is -2.05. The number of nitrogens with zero attached hydrogens (tertiary/aromatic N) is 1. The minimum atomic E-state index is 0.110. The molecule has 1 amide bonds. The zero-order valence-corrected chi connectivity index (χ0v) is 19.1. The zero-order chi connectivity index (χ0) is 21.7. The van der Waals surface area contributed by atoms with Crippen LogP contribution in [0.3, 0.4) is 0 Å². The number of carbonyl (C=O) groups is 1. The highest BCUT2D eigenvalue weighted by molar-refractivity contribution is 6.03. The lowest BCUT2D eigenvalue weighted by molar-refractivity contribution is -0.181. The quantitative estimate of drug-likeness (QED) is 0.679. The van der Waals surface area contributed by atoms with E-state index in [1.165, 1.54) is 32.5 Å². The SMILES string of the molecule is CCN1C[C@H]2C[C@@H](CCOc3ccc4[nH]cc(NC(=O)C5CC6(COC6)C5)c4c3)C[C@H]2C1. The number of hydrogen-bond acceptors (Lipinski definition) is 4. The van der Waals surface area contributed by atoms with E-state index < -0.39 is 0 Å². The average Bonchev–Trinajstić information content (AvgIpc) is 3.39. The number of nitrogens with one attached hydrogen (secondary N) is 2. The second kappa shape index (κ2) is 8.07. The highest BCUT2D eigenvalue weighted by Gasteiger charge is 2.52. The summed E-state index contributed by atoms with van der Waals surface area (Å²) in [4.78, 5) is 18.6. The fourth-order valence-corrected chi connectivity index (χ4v) is 6.68. The predicted molar refractivity (Wildman–Crippen MR) is 125 cm³/mol. The molecule has 1 aromatic carbocycles. The Morgan fingerprint density at radius 3 is 2.72 bits per heavy atom. The lowest BCUT2D eigenvalue weighted by Gasteiger charge is -2.52. The predicted octanol–water partition coefficient (Wildman–Crippen LogP) is 4.28. The Labute approximate surface area is 190 Å². The van der Waals surface area contributed by atoms with Crippen LogP contribution in [0.25, 0.3) is 10.9 Å². The Kier molecular flexibility index (Phi) is 5.18. The number of ether oxygens (including phenoxy) is 2. The summed E-state index contributed by atoms with van der Waals surface area (Å²) in [5, 5.41) is 4.16. The molecule has 0 unspecified atom stereocenters. The van der Waals surface area contributed by atoms with Crippen molar-refractivity contribution in [2.75, 3.05) is 44.8 Å². The number of benzene rings is 1. The van der Waals surface area contributed by atoms with Gasteiger partial charge in [0.1, 0.15) is 5.75 Å². The smallest absolute Gasteiger partial charge is 0.227 e. The monoisotopic (exact) mass is 437 g/mol. The molecule has 6 nitrogen and oxygen atoms in total. The molecule has 2 aliphatic heterocycles. The minimum absolute atomic E-state index is 0.110. The molecule has 2 aromatic rings. The number of fused-ring (bicyclic) bond motifs is 2. The van der Waals surface area contributed by atoms with Crippen molar-refractivity contribution in [1.82, 2.24) is 9.88 Å². The van der Waals surface area contributed by atoms with E-state index in [1.54, 1.807) is 0 Å². The van der Waals surface area contributed by atoms with E-state index in [-0.39, 0.29) is 11.8 Å². The van der Waals surface area contributed by atoms with Gasteiger partial charge in [0.25, 0.3) is 0 Å². The van der Waals surface area contributed by atoms with E-state index in [0.29, 0.717) is 5.41 Å². The normalized spacial score (nSPS) is 29.1. The standard InChI is InChI=1S/C26H35N3O3/c1-2-29-13-18-7-17(8-19(18)14-29)5-6-32-21-3-4-23-22(9-21)24(12-27-23)28-25(30)20-10-26(11-20)15-31-16-26/h3-4,9,12,17-20,27H,2,5-8,10-11,13-16H2,1H3,(H,28,30)/t17-,18-,19+. The summed E-state index contributed by atoms with van der Waals surface area (Å²) in [7, 11) is 0. The van der Waals surface area contributed by atoms with Crippen LogP contribution >= 0.6 is 0 Å². The molecule has 2 aliphatic carbocycles. The molecule has 3 heterocycles. The first-order valence-electron chi connectivity index (χ1n) is 12.5. The number of H-pyrrole nitrogens is 1. The maximum atomic E-state index is 12.7. The summed E-state index contributed by atoms with van der Waals surface area (Å²) in [5.41, 5.74) is 2.18. The highest BCUT2D eigenvalue weighted by Crippen LogP contribution is 2.51. The van der Waals surface area contributed by atoms with Gasteiger partial charge in [0.2, 0.25) is 5.91 Å². The molecule has 1 aromatic heterocycles. The molecule has 32 heavy (non-hydrogen) atoms. The summed E-state index contributed by atoms with van der Waals surface area (Å²) < 4.78 is 11.5. The molecule has 6 rings (SSSR count). The molecule has 172 valence electrons. The molecule has 0 radical (unpaired) electrons. The zero-order valence-electron chi connectivity index (χ0n) is 19.1. The lowest BCUT2D eigenvalue weighted by Crippen LogP contribution is -2.54. The molecular weight excluding hydrogens is 402 g/mol. The Morgan fingerprint density at radius 1 is 1.25 bits per heavy atom. The fraction of sp³-hybridized carbons (Fsp3) is 0.654. The van der Waals surface area contributed by atoms with Gasteiger partial charge in [-0.3, -0.25) is 4.79 Å². The Morgan fingerprint density at radius 2 is 2.03 bits per heavy atom. The number of aromatic amines is 1. The van der Waals surface area contributed by atoms with Crippen LogP contribution in [-0.2, 0) is 9.53 Å². The first kappa shape index (κ1) is 20.5. The van der Waals surface area contributed by atoms with Crippen LogP contribution < -0.4 is 10.1 Å². The molecule has 4 aliphatic rings. The van der Waals surface area contributed by atoms with E-state index in [0.717, 1.165) is 79.2 Å². The second-order valence-corrected chi connectivity index (χ2v) is 10.8. The molecule has 6 heteroatoms. The average molecular weight is 438 g/mol. The van der Waals surface area contributed by atoms with E-state index in [1.807, 2.05) is 18.3 Å². The number of rotatable bonds is 7. The number of amides is 1.